The van der Waals surface area contributed by atoms with E-state index in [0.29, 0.717) is 12.1 Å². The summed E-state index contributed by atoms with van der Waals surface area (Å²) >= 11 is 0. The molecule has 0 heterocycles. The van der Waals surface area contributed by atoms with Gasteiger partial charge in [-0.15, -0.1) is 13.2 Å². The van der Waals surface area contributed by atoms with Gasteiger partial charge in [-0.2, -0.15) is 23.5 Å². The number of alkyl halides is 6. The molecule has 25 heavy (non-hydrogen) atoms. The summed E-state index contributed by atoms with van der Waals surface area (Å²) in [5.41, 5.74) is 4.21. The number of ether oxygens (including phenoxy) is 1. The van der Waals surface area contributed by atoms with Gasteiger partial charge >= 0.3 is 12.5 Å². The summed E-state index contributed by atoms with van der Waals surface area (Å²) < 4.78 is 77.7. The second-order valence-electron chi connectivity index (χ2n) is 4.18. The Morgan fingerprint density at radius 2 is 1.88 bits per heavy atom. The largest absolute Gasteiger partial charge is 0.573 e. The molecule has 1 aromatic carbocycles. The number of hydrogen-bond donors (Lipinski definition) is 3. The van der Waals surface area contributed by atoms with Crippen LogP contribution in [-0.2, 0) is 0 Å². The summed E-state index contributed by atoms with van der Waals surface area (Å²) in [4.78, 5) is 11.4. The molecule has 0 amide bonds. The number of ketones is 1. The predicted octanol–water partition coefficient (Wildman–Crippen LogP) is 2.56. The maximum absolute atomic E-state index is 12.6. The highest BCUT2D eigenvalue weighted by Crippen LogP contribution is 2.31. The molecule has 0 aliphatic heterocycles. The molecule has 0 atom stereocenters. The maximum Gasteiger partial charge on any atom is 0.573 e. The van der Waals surface area contributed by atoms with Crippen LogP contribution >= 0.6 is 0 Å². The van der Waals surface area contributed by atoms with E-state index in [1.807, 2.05) is 5.43 Å². The van der Waals surface area contributed by atoms with Gasteiger partial charge in [0.2, 0.25) is 5.71 Å². The lowest BCUT2D eigenvalue weighted by atomic mass is 10.1. The van der Waals surface area contributed by atoms with E-state index >= 15 is 0 Å². The topological polar surface area (TPSA) is 124 Å². The molecule has 0 aromatic heterocycles. The lowest BCUT2D eigenvalue weighted by Gasteiger charge is -2.14. The average Bonchev–Trinajstić information content (AvgIpc) is 2.45. The third kappa shape index (κ3) is 5.68. The van der Waals surface area contributed by atoms with Crippen LogP contribution < -0.4 is 15.9 Å². The number of nitriles is 1. The third-order valence-electron chi connectivity index (χ3n) is 2.38. The Morgan fingerprint density at radius 1 is 1.28 bits per heavy atom. The minimum Gasteiger partial charge on any atom is -0.406 e. The Labute approximate surface area is 135 Å². The lowest BCUT2D eigenvalue weighted by Crippen LogP contribution is -2.25. The van der Waals surface area contributed by atoms with Crippen molar-refractivity contribution in [3.63, 3.8) is 0 Å². The number of amidine groups is 1. The molecule has 0 unspecified atom stereocenters. The Hall–Kier alpha value is -3.30. The second-order valence-corrected chi connectivity index (χ2v) is 4.18. The van der Waals surface area contributed by atoms with Gasteiger partial charge in [-0.1, -0.05) is 0 Å². The molecule has 0 aliphatic carbocycles. The standard InChI is InChI=1S/C12H7F6N5O2/c13-11(14,15)9(24)6-3-5(25-12(16,17)18)1-2-7(6)22-23-8(4-19)10(20)21/h1-3,22H,(H3,20,21)/b23-8+. The van der Waals surface area contributed by atoms with Crippen molar-refractivity contribution in [3.05, 3.63) is 23.8 Å². The molecule has 0 saturated heterocycles. The first kappa shape index (κ1) is 19.7. The van der Waals surface area contributed by atoms with E-state index in [-0.39, 0.29) is 6.07 Å². The van der Waals surface area contributed by atoms with Crippen molar-refractivity contribution in [3.8, 4) is 11.8 Å². The molecule has 0 spiro atoms. The molecule has 134 valence electrons. The molecule has 4 N–H and O–H groups in total. The van der Waals surface area contributed by atoms with Gasteiger partial charge in [0.1, 0.15) is 11.8 Å². The number of halogens is 6. The SMILES string of the molecule is N#C/C(=N\Nc1ccc(OC(F)(F)F)cc1C(=O)C(F)(F)F)C(=N)N. The average molecular weight is 367 g/mol. The van der Waals surface area contributed by atoms with E-state index in [2.05, 4.69) is 9.84 Å². The van der Waals surface area contributed by atoms with Crippen LogP contribution in [0.3, 0.4) is 0 Å². The fraction of sp³-hybridized carbons (Fsp3) is 0.167. The number of nitrogens with two attached hydrogens (primary N) is 1. The molecule has 7 nitrogen and oxygen atoms in total. The molecule has 13 heteroatoms. The predicted molar refractivity (Wildman–Crippen MR) is 72.1 cm³/mol. The van der Waals surface area contributed by atoms with E-state index < -0.39 is 46.9 Å². The number of benzene rings is 1. The van der Waals surface area contributed by atoms with Gasteiger partial charge < -0.3 is 10.5 Å². The molecular weight excluding hydrogens is 360 g/mol. The van der Waals surface area contributed by atoms with Crippen molar-refractivity contribution in [2.45, 2.75) is 12.5 Å². The minimum absolute atomic E-state index is 0.209. The number of anilines is 1. The number of carbonyl (C=O) groups excluding carboxylic acids is 1. The van der Waals surface area contributed by atoms with Crippen LogP contribution in [0.5, 0.6) is 5.75 Å². The van der Waals surface area contributed by atoms with Crippen molar-refractivity contribution in [1.29, 1.82) is 10.7 Å². The van der Waals surface area contributed by atoms with Crippen molar-refractivity contribution in [2.75, 3.05) is 5.43 Å². The number of Topliss-reactive ketones (excluding diaryl/α,β-unsaturated/α-hetero) is 1. The minimum atomic E-state index is -5.39. The molecule has 0 fully saturated rings. The quantitative estimate of drug-likeness (QED) is 0.243. The number of rotatable bonds is 5. The van der Waals surface area contributed by atoms with Crippen LogP contribution in [0, 0.1) is 16.7 Å². The zero-order valence-corrected chi connectivity index (χ0v) is 11.8. The first-order valence-electron chi connectivity index (χ1n) is 5.94. The molecule has 0 saturated carbocycles. The Bertz CT molecular complexity index is 763. The number of nitrogens with one attached hydrogen (secondary N) is 2. The fourth-order valence-electron chi connectivity index (χ4n) is 1.42. The Balaban J connectivity index is 3.35. The Morgan fingerprint density at radius 3 is 2.32 bits per heavy atom. The smallest absolute Gasteiger partial charge is 0.406 e. The van der Waals surface area contributed by atoms with Gasteiger partial charge in [-0.3, -0.25) is 15.6 Å². The number of nitrogens with zero attached hydrogens (tertiary/aromatic N) is 2. The third-order valence-corrected chi connectivity index (χ3v) is 2.38. The van der Waals surface area contributed by atoms with Crippen LogP contribution in [0.15, 0.2) is 23.3 Å². The van der Waals surface area contributed by atoms with Crippen molar-refractivity contribution in [2.24, 2.45) is 10.8 Å². The summed E-state index contributed by atoms with van der Waals surface area (Å²) in [5, 5.41) is 18.8. The van der Waals surface area contributed by atoms with E-state index in [1.54, 1.807) is 0 Å². The van der Waals surface area contributed by atoms with Crippen molar-refractivity contribution in [1.82, 2.24) is 0 Å². The van der Waals surface area contributed by atoms with Gasteiger partial charge in [0.25, 0.3) is 5.78 Å². The molecule has 0 aliphatic rings. The zero-order chi connectivity index (χ0) is 19.4. The van der Waals surface area contributed by atoms with E-state index in [4.69, 9.17) is 16.4 Å². The number of hydrazone groups is 1. The van der Waals surface area contributed by atoms with Crippen LogP contribution in [0.4, 0.5) is 32.0 Å². The van der Waals surface area contributed by atoms with Crippen LogP contribution in [0.2, 0.25) is 0 Å². The molecular formula is C12H7F6N5O2. The summed E-state index contributed by atoms with van der Waals surface area (Å²) in [5.74, 6) is -4.36. The molecule has 1 aromatic rings. The van der Waals surface area contributed by atoms with E-state index in [0.717, 1.165) is 0 Å². The zero-order valence-electron chi connectivity index (χ0n) is 11.8. The van der Waals surface area contributed by atoms with E-state index in [1.165, 1.54) is 6.07 Å². The number of carbonyl (C=O) groups is 1. The lowest BCUT2D eigenvalue weighted by molar-refractivity contribution is -0.274. The van der Waals surface area contributed by atoms with Gasteiger partial charge in [-0.25, -0.2) is 0 Å². The van der Waals surface area contributed by atoms with Gasteiger partial charge in [0, 0.05) is 0 Å². The summed E-state index contributed by atoms with van der Waals surface area (Å²) in [6.45, 7) is 0. The first-order valence-corrected chi connectivity index (χ1v) is 5.94. The fourth-order valence-corrected chi connectivity index (χ4v) is 1.42. The van der Waals surface area contributed by atoms with Gasteiger partial charge in [0.15, 0.2) is 5.84 Å². The van der Waals surface area contributed by atoms with Crippen LogP contribution in [-0.4, -0.2) is 29.9 Å². The van der Waals surface area contributed by atoms with Crippen LogP contribution in [0.25, 0.3) is 0 Å². The maximum atomic E-state index is 12.6. The highest BCUT2D eigenvalue weighted by atomic mass is 19.4. The summed E-state index contributed by atoms with van der Waals surface area (Å²) in [6.07, 6.45) is -10.6. The normalized spacial score (nSPS) is 12.3. The molecule has 1 rings (SSSR count). The second kappa shape index (κ2) is 7.07. The highest BCUT2D eigenvalue weighted by molar-refractivity contribution is 6.45. The summed E-state index contributed by atoms with van der Waals surface area (Å²) in [7, 11) is 0. The van der Waals surface area contributed by atoms with Gasteiger partial charge in [-0.05, 0) is 18.2 Å². The van der Waals surface area contributed by atoms with Crippen molar-refractivity contribution < 1.29 is 35.9 Å². The first-order chi connectivity index (χ1) is 11.3. The van der Waals surface area contributed by atoms with E-state index in [9.17, 15) is 31.1 Å². The molecule has 0 bridgehead atoms. The monoisotopic (exact) mass is 367 g/mol. The van der Waals surface area contributed by atoms with Crippen molar-refractivity contribution >= 4 is 23.0 Å². The highest BCUT2D eigenvalue weighted by Gasteiger charge is 2.41. The van der Waals surface area contributed by atoms with Crippen LogP contribution in [0.1, 0.15) is 10.4 Å². The molecule has 0 radical (unpaired) electrons. The Kier molecular flexibility index (Phi) is 5.59. The summed E-state index contributed by atoms with van der Waals surface area (Å²) in [6, 6.07) is 2.83. The van der Waals surface area contributed by atoms with Gasteiger partial charge in [0.05, 0.1) is 11.3 Å². The number of hydrogen-bond acceptors (Lipinski definition) is 6.